The summed E-state index contributed by atoms with van der Waals surface area (Å²) in [5, 5.41) is 0.967. The maximum atomic E-state index is 5.31. The highest BCUT2D eigenvalue weighted by molar-refractivity contribution is 8.13. The summed E-state index contributed by atoms with van der Waals surface area (Å²) in [7, 11) is 7.45. The molecule has 0 aliphatic carbocycles. The van der Waals surface area contributed by atoms with Crippen LogP contribution >= 0.6 is 11.8 Å². The summed E-state index contributed by atoms with van der Waals surface area (Å²) < 4.78 is 10.6. The van der Waals surface area contributed by atoms with Crippen molar-refractivity contribution in [2.45, 2.75) is 13.1 Å². The van der Waals surface area contributed by atoms with Crippen LogP contribution in [0, 0.1) is 0 Å². The smallest absolute Gasteiger partial charge is 0.164 e. The molecular formula is C26H31N3O2S. The van der Waals surface area contributed by atoms with Crippen molar-refractivity contribution >= 4 is 28.3 Å². The highest BCUT2D eigenvalue weighted by Crippen LogP contribution is 2.24. The molecule has 0 heterocycles. The van der Waals surface area contributed by atoms with Crippen molar-refractivity contribution < 1.29 is 9.47 Å². The third-order valence-corrected chi connectivity index (χ3v) is 5.82. The second kappa shape index (κ2) is 11.5. The zero-order chi connectivity index (χ0) is 22.9. The van der Waals surface area contributed by atoms with Gasteiger partial charge in [-0.25, -0.2) is 4.99 Å². The highest BCUT2D eigenvalue weighted by atomic mass is 32.2. The lowest BCUT2D eigenvalue weighted by atomic mass is 10.1. The average Bonchev–Trinajstić information content (AvgIpc) is 2.83. The molecule has 0 aliphatic heterocycles. The fraction of sp³-hybridized carbons (Fsp3) is 0.269. The van der Waals surface area contributed by atoms with Gasteiger partial charge in [0.15, 0.2) is 5.17 Å². The summed E-state index contributed by atoms with van der Waals surface area (Å²) in [6, 6.07) is 24.7. The van der Waals surface area contributed by atoms with Crippen molar-refractivity contribution in [2.24, 2.45) is 4.99 Å². The summed E-state index contributed by atoms with van der Waals surface area (Å²) in [6.45, 7) is 1.48. The Labute approximate surface area is 195 Å². The van der Waals surface area contributed by atoms with Crippen molar-refractivity contribution in [3.63, 3.8) is 0 Å². The molecule has 0 fully saturated rings. The van der Waals surface area contributed by atoms with Gasteiger partial charge in [-0.05, 0) is 65.9 Å². The number of ether oxygens (including phenoxy) is 2. The van der Waals surface area contributed by atoms with E-state index < -0.39 is 0 Å². The van der Waals surface area contributed by atoms with Crippen LogP contribution < -0.4 is 14.4 Å². The molecule has 0 aromatic heterocycles. The van der Waals surface area contributed by atoms with Crippen molar-refractivity contribution in [1.82, 2.24) is 4.90 Å². The maximum Gasteiger partial charge on any atom is 0.164 e. The number of nitrogens with zero attached hydrogens (tertiary/aromatic N) is 3. The van der Waals surface area contributed by atoms with E-state index in [4.69, 9.17) is 14.5 Å². The third-order valence-electron chi connectivity index (χ3n) is 5.11. The number of amidine groups is 1. The van der Waals surface area contributed by atoms with Gasteiger partial charge in [-0.15, -0.1) is 0 Å². The Hall–Kier alpha value is -3.12. The molecule has 3 rings (SSSR count). The summed E-state index contributed by atoms with van der Waals surface area (Å²) in [6.07, 6.45) is 2.07. The van der Waals surface area contributed by atoms with Gasteiger partial charge in [0.2, 0.25) is 0 Å². The first-order valence-electron chi connectivity index (χ1n) is 10.4. The fourth-order valence-electron chi connectivity index (χ4n) is 3.28. The largest absolute Gasteiger partial charge is 0.497 e. The number of methoxy groups -OCH3 is 2. The zero-order valence-electron chi connectivity index (χ0n) is 19.4. The predicted molar refractivity (Wildman–Crippen MR) is 137 cm³/mol. The van der Waals surface area contributed by atoms with Crippen LogP contribution in [0.5, 0.6) is 11.5 Å². The molecular weight excluding hydrogens is 418 g/mol. The van der Waals surface area contributed by atoms with Crippen molar-refractivity contribution in [1.29, 1.82) is 0 Å². The van der Waals surface area contributed by atoms with Gasteiger partial charge in [0, 0.05) is 32.9 Å². The number of rotatable bonds is 8. The van der Waals surface area contributed by atoms with E-state index in [0.29, 0.717) is 0 Å². The molecule has 0 spiro atoms. The number of hydrogen-bond donors (Lipinski definition) is 0. The maximum absolute atomic E-state index is 5.31. The Morgan fingerprint density at radius 1 is 0.750 bits per heavy atom. The van der Waals surface area contributed by atoms with Crippen molar-refractivity contribution in [3.8, 4) is 11.5 Å². The molecule has 0 saturated heterocycles. The molecule has 168 valence electrons. The standard InChI is InChI=1S/C26H31N3O2S/c1-28(2)23-12-10-22(11-13-23)27-26(32-5)29(18-20-6-14-24(30-3)15-7-20)19-21-8-16-25(31-4)17-9-21/h6-17H,18-19H2,1-5H3. The Kier molecular flexibility index (Phi) is 8.45. The van der Waals surface area contributed by atoms with Crippen LogP contribution in [0.2, 0.25) is 0 Å². The van der Waals surface area contributed by atoms with Crippen LogP contribution in [-0.2, 0) is 13.1 Å². The first-order valence-corrected chi connectivity index (χ1v) is 11.7. The second-order valence-corrected chi connectivity index (χ2v) is 8.33. The van der Waals surface area contributed by atoms with E-state index in [-0.39, 0.29) is 0 Å². The summed E-state index contributed by atoms with van der Waals surface area (Å²) in [4.78, 5) is 9.36. The molecule has 0 N–H and O–H groups in total. The van der Waals surface area contributed by atoms with Crippen molar-refractivity contribution in [3.05, 3.63) is 83.9 Å². The first kappa shape index (κ1) is 23.5. The molecule has 5 nitrogen and oxygen atoms in total. The zero-order valence-corrected chi connectivity index (χ0v) is 20.2. The SMILES string of the molecule is COc1ccc(CN(Cc2ccc(OC)cc2)C(=Nc2ccc(N(C)C)cc2)SC)cc1. The molecule has 0 amide bonds. The van der Waals surface area contributed by atoms with Gasteiger partial charge >= 0.3 is 0 Å². The van der Waals surface area contributed by atoms with Gasteiger partial charge in [0.05, 0.1) is 19.9 Å². The molecule has 0 saturated carbocycles. The fourth-order valence-corrected chi connectivity index (χ4v) is 3.86. The Morgan fingerprint density at radius 3 is 1.59 bits per heavy atom. The van der Waals surface area contributed by atoms with E-state index >= 15 is 0 Å². The molecule has 6 heteroatoms. The molecule has 0 unspecified atom stereocenters. The lowest BCUT2D eigenvalue weighted by molar-refractivity contribution is 0.405. The number of hydrogen-bond acceptors (Lipinski definition) is 5. The van der Waals surface area contributed by atoms with Gasteiger partial charge < -0.3 is 19.3 Å². The minimum atomic E-state index is 0.742. The molecule has 32 heavy (non-hydrogen) atoms. The molecule has 0 atom stereocenters. The van der Waals surface area contributed by atoms with Crippen LogP contribution in [0.1, 0.15) is 11.1 Å². The van der Waals surface area contributed by atoms with Gasteiger partial charge in [0.1, 0.15) is 11.5 Å². The summed E-state index contributed by atoms with van der Waals surface area (Å²) in [5.74, 6) is 1.71. The summed E-state index contributed by atoms with van der Waals surface area (Å²) in [5.41, 5.74) is 4.49. The van der Waals surface area contributed by atoms with Crippen LogP contribution in [0.4, 0.5) is 11.4 Å². The second-order valence-electron chi connectivity index (χ2n) is 7.56. The van der Waals surface area contributed by atoms with Crippen LogP contribution in [0.25, 0.3) is 0 Å². The van der Waals surface area contributed by atoms with E-state index in [0.717, 1.165) is 41.1 Å². The summed E-state index contributed by atoms with van der Waals surface area (Å²) >= 11 is 1.65. The number of aliphatic imine (C=N–C) groups is 1. The van der Waals surface area contributed by atoms with Gasteiger partial charge in [-0.2, -0.15) is 0 Å². The number of thioether (sulfide) groups is 1. The number of anilines is 1. The van der Waals surface area contributed by atoms with Crippen LogP contribution in [-0.4, -0.2) is 44.6 Å². The van der Waals surface area contributed by atoms with Gasteiger partial charge in [-0.3, -0.25) is 0 Å². The monoisotopic (exact) mass is 449 g/mol. The predicted octanol–water partition coefficient (Wildman–Crippen LogP) is 5.82. The Balaban J connectivity index is 1.89. The topological polar surface area (TPSA) is 37.3 Å². The quantitative estimate of drug-likeness (QED) is 0.320. The average molecular weight is 450 g/mol. The normalized spacial score (nSPS) is 11.2. The van der Waals surface area contributed by atoms with Crippen LogP contribution in [0.3, 0.4) is 0 Å². The van der Waals surface area contributed by atoms with Gasteiger partial charge in [0.25, 0.3) is 0 Å². The Morgan fingerprint density at radius 2 is 1.22 bits per heavy atom. The van der Waals surface area contributed by atoms with E-state index in [1.165, 1.54) is 11.1 Å². The Bertz CT molecular complexity index is 951. The lowest BCUT2D eigenvalue weighted by Gasteiger charge is -2.26. The third kappa shape index (κ3) is 6.44. The minimum Gasteiger partial charge on any atom is -0.497 e. The first-order chi connectivity index (χ1) is 15.5. The molecule has 0 bridgehead atoms. The highest BCUT2D eigenvalue weighted by Gasteiger charge is 2.13. The molecule has 0 radical (unpaired) electrons. The van der Waals surface area contributed by atoms with Crippen molar-refractivity contribution in [2.75, 3.05) is 39.5 Å². The lowest BCUT2D eigenvalue weighted by Crippen LogP contribution is -2.27. The minimum absolute atomic E-state index is 0.742. The van der Waals surface area contributed by atoms with Gasteiger partial charge in [-0.1, -0.05) is 36.0 Å². The van der Waals surface area contributed by atoms with E-state index in [2.05, 4.69) is 64.6 Å². The van der Waals surface area contributed by atoms with E-state index in [9.17, 15) is 0 Å². The van der Waals surface area contributed by atoms with E-state index in [1.807, 2.05) is 38.4 Å². The van der Waals surface area contributed by atoms with Crippen LogP contribution in [0.15, 0.2) is 77.8 Å². The molecule has 3 aromatic carbocycles. The molecule has 0 aliphatic rings. The molecule has 3 aromatic rings. The van der Waals surface area contributed by atoms with E-state index in [1.54, 1.807) is 26.0 Å². The number of benzene rings is 3.